The Morgan fingerprint density at radius 1 is 1.20 bits per heavy atom. The van der Waals surface area contributed by atoms with E-state index < -0.39 is 10.0 Å². The van der Waals surface area contributed by atoms with Crippen LogP contribution in [0.2, 0.25) is 0 Å². The minimum absolute atomic E-state index is 0.0499. The summed E-state index contributed by atoms with van der Waals surface area (Å²) in [4.78, 5) is 11.3. The second-order valence-corrected chi connectivity index (χ2v) is 6.08. The average Bonchev–Trinajstić information content (AvgIpc) is 2.33. The lowest BCUT2D eigenvalue weighted by molar-refractivity contribution is 0.601. The van der Waals surface area contributed by atoms with Gasteiger partial charge < -0.3 is 10.3 Å². The monoisotopic (exact) mass is 293 g/mol. The quantitative estimate of drug-likeness (QED) is 0.828. The number of rotatable bonds is 3. The molecule has 1 heterocycles. The van der Waals surface area contributed by atoms with Crippen LogP contribution in [0.25, 0.3) is 0 Å². The second kappa shape index (κ2) is 5.01. The lowest BCUT2D eigenvalue weighted by Gasteiger charge is -2.12. The number of nitrogens with one attached hydrogen (secondary N) is 1. The first-order valence-corrected chi connectivity index (χ1v) is 7.34. The fourth-order valence-corrected chi connectivity index (χ4v) is 3.31. The molecule has 0 fully saturated rings. The van der Waals surface area contributed by atoms with Gasteiger partial charge in [-0.2, -0.15) is 0 Å². The highest BCUT2D eigenvalue weighted by Gasteiger charge is 2.20. The summed E-state index contributed by atoms with van der Waals surface area (Å²) < 4.78 is 28.4. The molecule has 2 aromatic rings. The number of benzene rings is 1. The Hall–Kier alpha value is -2.28. The van der Waals surface area contributed by atoms with E-state index in [0.717, 1.165) is 0 Å². The van der Waals surface area contributed by atoms with Gasteiger partial charge in [0.25, 0.3) is 10.0 Å². The molecule has 0 spiro atoms. The molecule has 0 aliphatic rings. The fourth-order valence-electron chi connectivity index (χ4n) is 1.90. The van der Waals surface area contributed by atoms with Gasteiger partial charge in [-0.05, 0) is 24.6 Å². The van der Waals surface area contributed by atoms with Crippen LogP contribution in [0.1, 0.15) is 5.56 Å². The number of nitrogens with zero attached hydrogens (tertiary/aromatic N) is 1. The number of anilines is 2. The topological polar surface area (TPSA) is 94.2 Å². The van der Waals surface area contributed by atoms with Crippen molar-refractivity contribution in [2.45, 2.75) is 11.8 Å². The van der Waals surface area contributed by atoms with Crippen molar-refractivity contribution < 1.29 is 8.42 Å². The Morgan fingerprint density at radius 3 is 2.50 bits per heavy atom. The van der Waals surface area contributed by atoms with Crippen molar-refractivity contribution in [3.63, 3.8) is 0 Å². The minimum Gasteiger partial charge on any atom is -0.398 e. The summed E-state index contributed by atoms with van der Waals surface area (Å²) in [5.41, 5.74) is 6.56. The lowest BCUT2D eigenvalue weighted by Crippen LogP contribution is -2.19. The molecule has 3 N–H and O–H groups in total. The van der Waals surface area contributed by atoms with Crippen molar-refractivity contribution in [2.75, 3.05) is 10.5 Å². The number of hydrogen-bond donors (Lipinski definition) is 2. The zero-order chi connectivity index (χ0) is 14.9. The summed E-state index contributed by atoms with van der Waals surface area (Å²) in [6.45, 7) is 1.67. The highest BCUT2D eigenvalue weighted by Crippen LogP contribution is 2.24. The van der Waals surface area contributed by atoms with Gasteiger partial charge in [0.05, 0.1) is 11.4 Å². The molecule has 20 heavy (non-hydrogen) atoms. The zero-order valence-electron chi connectivity index (χ0n) is 11.1. The number of hydrogen-bond acceptors (Lipinski definition) is 4. The van der Waals surface area contributed by atoms with Crippen LogP contribution in [0.4, 0.5) is 11.4 Å². The van der Waals surface area contributed by atoms with Crippen LogP contribution < -0.4 is 16.0 Å². The van der Waals surface area contributed by atoms with Crippen LogP contribution in [0.3, 0.4) is 0 Å². The van der Waals surface area contributed by atoms with E-state index in [-0.39, 0.29) is 16.1 Å². The van der Waals surface area contributed by atoms with Gasteiger partial charge in [-0.25, -0.2) is 8.42 Å². The minimum atomic E-state index is -3.79. The summed E-state index contributed by atoms with van der Waals surface area (Å²) in [7, 11) is -2.25. The van der Waals surface area contributed by atoms with E-state index in [0.29, 0.717) is 11.3 Å². The van der Waals surface area contributed by atoms with Crippen molar-refractivity contribution in [1.29, 1.82) is 0 Å². The third-order valence-electron chi connectivity index (χ3n) is 2.85. The van der Waals surface area contributed by atoms with Gasteiger partial charge in [0.2, 0.25) is 5.56 Å². The Balaban J connectivity index is 2.46. The SMILES string of the molecule is Cc1cccc(N)c1S(=O)(=O)Nc1ccc(=O)n(C)c1. The van der Waals surface area contributed by atoms with Crippen LogP contribution in [0.5, 0.6) is 0 Å². The van der Waals surface area contributed by atoms with E-state index in [4.69, 9.17) is 5.73 Å². The maximum atomic E-state index is 12.4. The van der Waals surface area contributed by atoms with E-state index in [9.17, 15) is 13.2 Å². The van der Waals surface area contributed by atoms with Gasteiger partial charge in [-0.3, -0.25) is 9.52 Å². The van der Waals surface area contributed by atoms with Crippen molar-refractivity contribution >= 4 is 21.4 Å². The molecule has 106 valence electrons. The van der Waals surface area contributed by atoms with Gasteiger partial charge in [0.1, 0.15) is 4.90 Å². The Kier molecular flexibility index (Phi) is 3.54. The molecular weight excluding hydrogens is 278 g/mol. The largest absolute Gasteiger partial charge is 0.398 e. The number of nitrogen functional groups attached to an aromatic ring is 1. The highest BCUT2D eigenvalue weighted by atomic mass is 32.2. The molecule has 2 rings (SSSR count). The van der Waals surface area contributed by atoms with Gasteiger partial charge in [-0.15, -0.1) is 0 Å². The summed E-state index contributed by atoms with van der Waals surface area (Å²) in [5, 5.41) is 0. The molecule has 0 unspecified atom stereocenters. The van der Waals surface area contributed by atoms with E-state index >= 15 is 0 Å². The van der Waals surface area contributed by atoms with Crippen LogP contribution >= 0.6 is 0 Å². The molecule has 6 nitrogen and oxygen atoms in total. The summed E-state index contributed by atoms with van der Waals surface area (Å²) in [6, 6.07) is 7.59. The standard InChI is InChI=1S/C13H15N3O3S/c1-9-4-3-5-11(14)13(9)20(18,19)15-10-6-7-12(17)16(2)8-10/h3-8,15H,14H2,1-2H3. The molecule has 0 bridgehead atoms. The van der Waals surface area contributed by atoms with E-state index in [1.165, 1.54) is 29.0 Å². The normalized spacial score (nSPS) is 11.3. The number of pyridine rings is 1. The van der Waals surface area contributed by atoms with E-state index in [1.54, 1.807) is 26.1 Å². The van der Waals surface area contributed by atoms with Crippen LogP contribution in [-0.4, -0.2) is 13.0 Å². The maximum Gasteiger partial charge on any atom is 0.264 e. The molecule has 0 aliphatic heterocycles. The van der Waals surface area contributed by atoms with Gasteiger partial charge in [0, 0.05) is 19.3 Å². The molecule has 1 aromatic heterocycles. The molecule has 1 aromatic carbocycles. The predicted octanol–water partition coefficient (Wildman–Crippen LogP) is 1.08. The zero-order valence-corrected chi connectivity index (χ0v) is 11.9. The molecule has 0 amide bonds. The number of sulfonamides is 1. The summed E-state index contributed by atoms with van der Waals surface area (Å²) >= 11 is 0. The number of nitrogens with two attached hydrogens (primary N) is 1. The second-order valence-electron chi connectivity index (χ2n) is 4.47. The smallest absolute Gasteiger partial charge is 0.264 e. The molecular formula is C13H15N3O3S. The molecule has 7 heteroatoms. The van der Waals surface area contributed by atoms with Gasteiger partial charge in [0.15, 0.2) is 0 Å². The van der Waals surface area contributed by atoms with E-state index in [1.807, 2.05) is 0 Å². The third kappa shape index (κ3) is 2.67. The fraction of sp³-hybridized carbons (Fsp3) is 0.154. The third-order valence-corrected chi connectivity index (χ3v) is 4.45. The number of aryl methyl sites for hydroxylation is 2. The average molecular weight is 293 g/mol. The summed E-state index contributed by atoms with van der Waals surface area (Å²) in [6.07, 6.45) is 1.41. The first kappa shape index (κ1) is 14.1. The Labute approximate surface area is 116 Å². The van der Waals surface area contributed by atoms with Crippen LogP contribution in [0, 0.1) is 6.92 Å². The Bertz CT molecular complexity index is 790. The summed E-state index contributed by atoms with van der Waals surface area (Å²) in [5.74, 6) is 0. The first-order valence-electron chi connectivity index (χ1n) is 5.86. The predicted molar refractivity (Wildman–Crippen MR) is 78.1 cm³/mol. The molecule has 0 radical (unpaired) electrons. The highest BCUT2D eigenvalue weighted by molar-refractivity contribution is 7.93. The van der Waals surface area contributed by atoms with Crippen molar-refractivity contribution in [2.24, 2.45) is 7.05 Å². The van der Waals surface area contributed by atoms with Crippen molar-refractivity contribution in [1.82, 2.24) is 4.57 Å². The van der Waals surface area contributed by atoms with E-state index in [2.05, 4.69) is 4.72 Å². The van der Waals surface area contributed by atoms with Crippen LogP contribution in [0.15, 0.2) is 46.2 Å². The van der Waals surface area contributed by atoms with Gasteiger partial charge >= 0.3 is 0 Å². The lowest BCUT2D eigenvalue weighted by atomic mass is 10.2. The maximum absolute atomic E-state index is 12.4. The molecule has 0 atom stereocenters. The van der Waals surface area contributed by atoms with Crippen molar-refractivity contribution in [3.8, 4) is 0 Å². The first-order chi connectivity index (χ1) is 9.31. The van der Waals surface area contributed by atoms with Crippen molar-refractivity contribution in [3.05, 3.63) is 52.4 Å². The van der Waals surface area contributed by atoms with Gasteiger partial charge in [-0.1, -0.05) is 12.1 Å². The molecule has 0 saturated heterocycles. The Morgan fingerprint density at radius 2 is 1.90 bits per heavy atom. The number of aromatic nitrogens is 1. The van der Waals surface area contributed by atoms with Crippen LogP contribution in [-0.2, 0) is 17.1 Å². The molecule has 0 aliphatic carbocycles. The molecule has 0 saturated carbocycles.